The molecule has 0 amide bonds. The van der Waals surface area contributed by atoms with Crippen molar-refractivity contribution in [1.82, 2.24) is 19.7 Å². The van der Waals surface area contributed by atoms with Crippen LogP contribution in [-0.4, -0.2) is 65.3 Å². The van der Waals surface area contributed by atoms with E-state index >= 15 is 0 Å². The molecule has 1 saturated heterocycles. The molecule has 0 radical (unpaired) electrons. The molecular formula is C40H54N6O6SSi2. The van der Waals surface area contributed by atoms with E-state index in [0.29, 0.717) is 28.4 Å². The second kappa shape index (κ2) is 15.2. The summed E-state index contributed by atoms with van der Waals surface area (Å²) in [5.41, 5.74) is 11.5. The minimum absolute atomic E-state index is 0.00178. The summed E-state index contributed by atoms with van der Waals surface area (Å²) in [6, 6.07) is 16.5. The van der Waals surface area contributed by atoms with Gasteiger partial charge in [-0.3, -0.25) is 10.1 Å². The highest BCUT2D eigenvalue weighted by atomic mass is 32.2. The van der Waals surface area contributed by atoms with Gasteiger partial charge in [-0.2, -0.15) is 11.8 Å². The molecule has 294 valence electrons. The summed E-state index contributed by atoms with van der Waals surface area (Å²) in [5, 5.41) is 16.3. The maximum Gasteiger partial charge on any atom is 0.269 e. The Bertz CT molecular complexity index is 2140. The lowest BCUT2D eigenvalue weighted by Crippen LogP contribution is -2.53. The Kier molecular flexibility index (Phi) is 11.3. The number of anilines is 1. The zero-order valence-electron chi connectivity index (χ0n) is 33.7. The summed E-state index contributed by atoms with van der Waals surface area (Å²) in [5.74, 6) is 2.37. The Morgan fingerprint density at radius 1 is 0.909 bits per heavy atom. The maximum absolute atomic E-state index is 11.5. The first-order chi connectivity index (χ1) is 25.7. The van der Waals surface area contributed by atoms with Gasteiger partial charge in [0.05, 0.1) is 22.1 Å². The number of nitrogens with zero attached hydrogens (tertiary/aromatic N) is 5. The van der Waals surface area contributed by atoms with Gasteiger partial charge in [-0.25, -0.2) is 9.97 Å². The smallest absolute Gasteiger partial charge is 0.269 e. The number of fused-ring (bicyclic) bond motifs is 1. The van der Waals surface area contributed by atoms with Crippen LogP contribution in [0, 0.1) is 17.0 Å². The highest BCUT2D eigenvalue weighted by molar-refractivity contribution is 7.98. The molecule has 0 saturated carbocycles. The van der Waals surface area contributed by atoms with E-state index in [2.05, 4.69) is 77.9 Å². The Morgan fingerprint density at radius 2 is 1.53 bits per heavy atom. The molecular weight excluding hydrogens is 749 g/mol. The van der Waals surface area contributed by atoms with Crippen molar-refractivity contribution < 1.29 is 23.0 Å². The molecule has 12 nitrogen and oxygen atoms in total. The molecule has 4 atom stereocenters. The molecule has 2 N–H and O–H groups in total. The zero-order valence-corrected chi connectivity index (χ0v) is 36.6. The highest BCUT2D eigenvalue weighted by Crippen LogP contribution is 2.48. The SMILES string of the molecule is Cc1noc(-c2ccccc2)c1CSC[C@H]1O[C@@H](n2cc(-c3ccc([N+](=O)[O-])cc3)c3c(N)ncnc32)[C@H](O[Si](C)(C)C(C)(C)C)[C@@H]1O[Si](C)(C)C(C)(C)C. The van der Waals surface area contributed by atoms with Gasteiger partial charge < -0.3 is 28.4 Å². The number of nitrogen functional groups attached to an aromatic ring is 1. The third-order valence-electron chi connectivity index (χ3n) is 11.6. The van der Waals surface area contributed by atoms with Gasteiger partial charge in [-0.1, -0.05) is 77.0 Å². The van der Waals surface area contributed by atoms with Gasteiger partial charge in [0.15, 0.2) is 28.6 Å². The average Bonchev–Trinajstić information content (AvgIpc) is 3.78. The quantitative estimate of drug-likeness (QED) is 0.0728. The summed E-state index contributed by atoms with van der Waals surface area (Å²) in [6.45, 7) is 24.5. The van der Waals surface area contributed by atoms with Crippen molar-refractivity contribution in [3.63, 3.8) is 0 Å². The predicted octanol–water partition coefficient (Wildman–Crippen LogP) is 10.2. The summed E-state index contributed by atoms with van der Waals surface area (Å²) >= 11 is 1.76. The average molecular weight is 803 g/mol. The molecule has 1 aliphatic heterocycles. The zero-order chi connectivity index (χ0) is 40.1. The molecule has 1 aliphatic rings. The number of aromatic nitrogens is 4. The number of benzene rings is 2. The van der Waals surface area contributed by atoms with Gasteiger partial charge in [-0.15, -0.1) is 0 Å². The van der Waals surface area contributed by atoms with E-state index in [1.54, 1.807) is 23.9 Å². The molecule has 55 heavy (non-hydrogen) atoms. The van der Waals surface area contributed by atoms with E-state index in [1.165, 1.54) is 18.5 Å². The third-order valence-corrected chi connectivity index (χ3v) is 21.6. The Labute approximate surface area is 330 Å². The van der Waals surface area contributed by atoms with Crippen molar-refractivity contribution in [2.75, 3.05) is 11.5 Å². The highest BCUT2D eigenvalue weighted by Gasteiger charge is 2.54. The van der Waals surface area contributed by atoms with Gasteiger partial charge in [0, 0.05) is 46.5 Å². The molecule has 2 aromatic carbocycles. The minimum atomic E-state index is -2.42. The van der Waals surface area contributed by atoms with Crippen LogP contribution in [0.15, 0.2) is 71.6 Å². The summed E-state index contributed by atoms with van der Waals surface area (Å²) < 4.78 is 29.9. The number of aryl methyl sites for hydroxylation is 1. The van der Waals surface area contributed by atoms with Crippen LogP contribution in [0.2, 0.25) is 36.3 Å². The summed E-state index contributed by atoms with van der Waals surface area (Å²) in [4.78, 5) is 20.2. The fourth-order valence-electron chi connectivity index (χ4n) is 6.30. The molecule has 0 spiro atoms. The van der Waals surface area contributed by atoms with E-state index in [9.17, 15) is 10.1 Å². The second-order valence-corrected chi connectivity index (χ2v) is 28.0. The topological polar surface area (TPSA) is 154 Å². The lowest BCUT2D eigenvalue weighted by atomic mass is 10.1. The van der Waals surface area contributed by atoms with Crippen molar-refractivity contribution in [3.8, 4) is 22.5 Å². The monoisotopic (exact) mass is 802 g/mol. The van der Waals surface area contributed by atoms with E-state index in [-0.39, 0.29) is 21.9 Å². The minimum Gasteiger partial charge on any atom is -0.408 e. The molecule has 1 fully saturated rings. The van der Waals surface area contributed by atoms with Gasteiger partial charge in [0.1, 0.15) is 30.0 Å². The molecule has 0 aliphatic carbocycles. The van der Waals surface area contributed by atoms with Crippen molar-refractivity contribution in [1.29, 1.82) is 0 Å². The molecule has 0 unspecified atom stereocenters. The van der Waals surface area contributed by atoms with Crippen LogP contribution in [0.5, 0.6) is 0 Å². The summed E-state index contributed by atoms with van der Waals surface area (Å²) in [6.07, 6.45) is 1.55. The van der Waals surface area contributed by atoms with E-state index < -0.39 is 40.0 Å². The van der Waals surface area contributed by atoms with Gasteiger partial charge in [0.2, 0.25) is 0 Å². The van der Waals surface area contributed by atoms with Gasteiger partial charge in [-0.05, 0) is 60.9 Å². The van der Waals surface area contributed by atoms with E-state index in [0.717, 1.165) is 33.7 Å². The third kappa shape index (κ3) is 8.18. The van der Waals surface area contributed by atoms with Crippen molar-refractivity contribution in [3.05, 3.63) is 88.5 Å². The first-order valence-electron chi connectivity index (χ1n) is 18.7. The normalized spacial score (nSPS) is 19.7. The number of hydrogen-bond donors (Lipinski definition) is 1. The van der Waals surface area contributed by atoms with Crippen LogP contribution in [0.3, 0.4) is 0 Å². The summed E-state index contributed by atoms with van der Waals surface area (Å²) in [7, 11) is -4.80. The molecule has 5 aromatic rings. The first kappa shape index (κ1) is 40.8. The molecule has 15 heteroatoms. The van der Waals surface area contributed by atoms with E-state index in [1.807, 2.05) is 48.0 Å². The van der Waals surface area contributed by atoms with Crippen LogP contribution in [0.1, 0.15) is 59.0 Å². The number of nitrogens with two attached hydrogens (primary N) is 1. The maximum atomic E-state index is 11.5. The molecule has 4 heterocycles. The number of non-ortho nitro benzene ring substituents is 1. The first-order valence-corrected chi connectivity index (χ1v) is 25.6. The number of rotatable bonds is 12. The van der Waals surface area contributed by atoms with Crippen LogP contribution in [0.25, 0.3) is 33.5 Å². The predicted molar refractivity (Wildman–Crippen MR) is 225 cm³/mol. The van der Waals surface area contributed by atoms with Crippen LogP contribution < -0.4 is 5.73 Å². The van der Waals surface area contributed by atoms with Gasteiger partial charge in [0.25, 0.3) is 5.69 Å². The van der Waals surface area contributed by atoms with Crippen LogP contribution in [0.4, 0.5) is 11.5 Å². The standard InChI is InChI=1S/C40H54N6O6SSi2/c1-25-30(33(50-44-25)27-15-13-12-14-16-27)22-53-23-31-34(51-54(8,9)39(2,3)4)35(52-55(10,11)40(5,6)7)38(49-31)45-21-29(32-36(41)42-24-43-37(32)45)26-17-19-28(20-18-26)46(47)48/h12-21,24,31,34-35,38H,22-23H2,1-11H3,(H2,41,42,43)/t31-,34-,35-,38-/m1/s1. The Balaban J connectivity index is 1.44. The molecule has 6 rings (SSSR count). The number of ether oxygens (including phenoxy) is 1. The fourth-order valence-corrected chi connectivity index (χ4v) is 10.1. The number of thioether (sulfide) groups is 1. The van der Waals surface area contributed by atoms with Crippen molar-refractivity contribution in [2.24, 2.45) is 0 Å². The fraction of sp³-hybridized carbons (Fsp3) is 0.475. The van der Waals surface area contributed by atoms with Crippen molar-refractivity contribution in [2.45, 2.75) is 115 Å². The lowest BCUT2D eigenvalue weighted by molar-refractivity contribution is -0.384. The second-order valence-electron chi connectivity index (χ2n) is 17.4. The van der Waals surface area contributed by atoms with Crippen LogP contribution in [-0.2, 0) is 19.3 Å². The Morgan fingerprint density at radius 3 is 2.13 bits per heavy atom. The van der Waals surface area contributed by atoms with Gasteiger partial charge >= 0.3 is 0 Å². The number of hydrogen-bond acceptors (Lipinski definition) is 11. The largest absolute Gasteiger partial charge is 0.408 e. The van der Waals surface area contributed by atoms with Crippen molar-refractivity contribution >= 4 is 50.9 Å². The lowest BCUT2D eigenvalue weighted by Gasteiger charge is -2.44. The van der Waals surface area contributed by atoms with Crippen LogP contribution >= 0.6 is 11.8 Å². The molecule has 3 aromatic heterocycles. The molecule has 0 bridgehead atoms. The number of nitro groups is 1. The van der Waals surface area contributed by atoms with E-state index in [4.69, 9.17) is 28.8 Å². The number of nitro benzene ring substituents is 1. The Hall–Kier alpha value is -3.87.